The van der Waals surface area contributed by atoms with E-state index >= 15 is 0 Å². The van der Waals surface area contributed by atoms with Crippen LogP contribution in [-0.4, -0.2) is 58.9 Å². The maximum absolute atomic E-state index is 13.1. The first-order valence-corrected chi connectivity index (χ1v) is 13.1. The van der Waals surface area contributed by atoms with Crippen molar-refractivity contribution in [1.82, 2.24) is 30.1 Å². The maximum Gasteiger partial charge on any atom is 0.353 e. The minimum atomic E-state index is -1.13. The number of fused-ring (bicyclic) bond motifs is 1. The molecule has 36 heavy (non-hydrogen) atoms. The highest BCUT2D eigenvalue weighted by Gasteiger charge is 2.60. The first kappa shape index (κ1) is 24.3. The number of ketones is 1. The van der Waals surface area contributed by atoms with Gasteiger partial charge >= 0.3 is 5.97 Å². The fourth-order valence-electron chi connectivity index (χ4n) is 4.93. The average molecular weight is 527 g/mol. The van der Waals surface area contributed by atoms with Crippen molar-refractivity contribution < 1.29 is 24.1 Å². The molecule has 1 N–H and O–H groups in total. The highest BCUT2D eigenvalue weighted by molar-refractivity contribution is 8.04. The lowest BCUT2D eigenvalue weighted by atomic mass is 9.73. The minimum Gasteiger partial charge on any atom is -0.477 e. The van der Waals surface area contributed by atoms with Crippen molar-refractivity contribution in [2.24, 2.45) is 24.8 Å². The summed E-state index contributed by atoms with van der Waals surface area (Å²) in [6.07, 6.45) is 5.43. The number of carboxylic acids is 1. The van der Waals surface area contributed by atoms with Gasteiger partial charge < -0.3 is 10.0 Å². The van der Waals surface area contributed by atoms with Gasteiger partial charge in [-0.2, -0.15) is 0 Å². The second-order valence-electron chi connectivity index (χ2n) is 9.11. The van der Waals surface area contributed by atoms with Crippen LogP contribution < -0.4 is 4.57 Å². The van der Waals surface area contributed by atoms with Crippen LogP contribution in [0.1, 0.15) is 20.3 Å². The zero-order valence-electron chi connectivity index (χ0n) is 19.8. The van der Waals surface area contributed by atoms with Crippen LogP contribution in [0.15, 0.2) is 51.2 Å². The standard InChI is InChI=1S/C23H23N7O4S2/c1-12(8-15(31)9-29-11-24-26-27-29)17-18-13(2)20(19(22(33)34)30(18)21(17)32)36-23-25-16(10-35-23)14-4-6-28(3)7-5-14/h4-7,10-13,17-18H,8-9H2,1-3H3/p+1/t12-,13+,17+,18+/m0/s1. The van der Waals surface area contributed by atoms with E-state index in [4.69, 9.17) is 4.98 Å². The third kappa shape index (κ3) is 4.32. The van der Waals surface area contributed by atoms with Crippen LogP contribution in [0.2, 0.25) is 0 Å². The minimum absolute atomic E-state index is 0.0226. The Balaban J connectivity index is 1.32. The van der Waals surface area contributed by atoms with Crippen molar-refractivity contribution in [3.05, 3.63) is 46.8 Å². The van der Waals surface area contributed by atoms with E-state index in [1.807, 2.05) is 55.4 Å². The van der Waals surface area contributed by atoms with E-state index in [-0.39, 0.29) is 48.2 Å². The van der Waals surface area contributed by atoms with Crippen molar-refractivity contribution in [3.8, 4) is 11.3 Å². The summed E-state index contributed by atoms with van der Waals surface area (Å²) < 4.78 is 4.00. The van der Waals surface area contributed by atoms with Gasteiger partial charge in [-0.1, -0.05) is 25.6 Å². The summed E-state index contributed by atoms with van der Waals surface area (Å²) in [6, 6.07) is 3.65. The number of tetrazole rings is 1. The molecule has 5 heterocycles. The summed E-state index contributed by atoms with van der Waals surface area (Å²) in [5.74, 6) is -2.33. The lowest BCUT2D eigenvalue weighted by Crippen LogP contribution is -2.62. The van der Waals surface area contributed by atoms with Gasteiger partial charge in [0.15, 0.2) is 22.5 Å². The second kappa shape index (κ2) is 9.54. The topological polar surface area (TPSA) is 135 Å². The molecule has 186 valence electrons. The first-order chi connectivity index (χ1) is 17.2. The monoisotopic (exact) mass is 526 g/mol. The summed E-state index contributed by atoms with van der Waals surface area (Å²) >= 11 is 2.75. The Labute approximate surface area is 214 Å². The average Bonchev–Trinajstić information content (AvgIpc) is 3.55. The summed E-state index contributed by atoms with van der Waals surface area (Å²) in [5.41, 5.74) is 1.81. The van der Waals surface area contributed by atoms with Crippen molar-refractivity contribution >= 4 is 40.8 Å². The van der Waals surface area contributed by atoms with Crippen LogP contribution in [0, 0.1) is 17.8 Å². The van der Waals surface area contributed by atoms with Crippen LogP contribution in [0.25, 0.3) is 11.3 Å². The van der Waals surface area contributed by atoms with Crippen molar-refractivity contribution in [1.29, 1.82) is 0 Å². The quantitative estimate of drug-likeness (QED) is 0.327. The summed E-state index contributed by atoms with van der Waals surface area (Å²) in [4.78, 5) is 44.5. The third-order valence-corrected chi connectivity index (χ3v) is 8.86. The van der Waals surface area contributed by atoms with Gasteiger partial charge in [0.25, 0.3) is 0 Å². The molecule has 0 aliphatic carbocycles. The highest BCUT2D eigenvalue weighted by Crippen LogP contribution is 2.53. The molecule has 2 aliphatic rings. The van der Waals surface area contributed by atoms with Crippen LogP contribution in [-0.2, 0) is 28.0 Å². The van der Waals surface area contributed by atoms with Gasteiger partial charge in [0.2, 0.25) is 5.91 Å². The van der Waals surface area contributed by atoms with Gasteiger partial charge in [0.1, 0.15) is 25.6 Å². The summed E-state index contributed by atoms with van der Waals surface area (Å²) in [7, 11) is 1.94. The number of rotatable bonds is 9. The normalized spacial score (nSPS) is 21.9. The van der Waals surface area contributed by atoms with Crippen molar-refractivity contribution in [2.75, 3.05) is 0 Å². The van der Waals surface area contributed by atoms with E-state index in [1.54, 1.807) is 0 Å². The molecule has 0 spiro atoms. The molecule has 1 amide bonds. The molecule has 5 rings (SSSR count). The van der Waals surface area contributed by atoms with Gasteiger partial charge in [0, 0.05) is 40.3 Å². The molecule has 2 aliphatic heterocycles. The lowest BCUT2D eigenvalue weighted by Gasteiger charge is -2.47. The second-order valence-corrected chi connectivity index (χ2v) is 11.3. The number of β-lactam (4-membered cyclic amide) rings is 1. The maximum atomic E-state index is 13.1. The Morgan fingerprint density at radius 2 is 2.06 bits per heavy atom. The molecule has 1 saturated heterocycles. The third-order valence-electron chi connectivity index (χ3n) is 6.64. The van der Waals surface area contributed by atoms with E-state index in [0.29, 0.717) is 4.91 Å². The molecule has 0 saturated carbocycles. The summed E-state index contributed by atoms with van der Waals surface area (Å²) in [6.45, 7) is 3.84. The van der Waals surface area contributed by atoms with Crippen LogP contribution in [0.3, 0.4) is 0 Å². The predicted molar refractivity (Wildman–Crippen MR) is 129 cm³/mol. The fraction of sp³-hybridized carbons (Fsp3) is 0.391. The van der Waals surface area contributed by atoms with Crippen LogP contribution >= 0.6 is 23.1 Å². The molecule has 0 aromatic carbocycles. The van der Waals surface area contributed by atoms with Gasteiger partial charge in [0.05, 0.1) is 17.7 Å². The lowest BCUT2D eigenvalue weighted by molar-refractivity contribution is -0.671. The highest BCUT2D eigenvalue weighted by atomic mass is 32.2. The summed E-state index contributed by atoms with van der Waals surface area (Å²) in [5, 5.41) is 22.7. The fourth-order valence-corrected chi connectivity index (χ4v) is 7.03. The van der Waals surface area contributed by atoms with Crippen molar-refractivity contribution in [3.63, 3.8) is 0 Å². The molecule has 3 aromatic heterocycles. The van der Waals surface area contributed by atoms with E-state index in [0.717, 1.165) is 15.6 Å². The molecule has 0 radical (unpaired) electrons. The van der Waals surface area contributed by atoms with E-state index in [2.05, 4.69) is 15.5 Å². The zero-order chi connectivity index (χ0) is 25.6. The number of hydrogen-bond donors (Lipinski definition) is 1. The number of nitrogens with zero attached hydrogens (tertiary/aromatic N) is 7. The Hall–Kier alpha value is -3.45. The molecular formula is C23H24N7O4S2+. The first-order valence-electron chi connectivity index (χ1n) is 11.4. The molecule has 13 heteroatoms. The van der Waals surface area contributed by atoms with Crippen LogP contribution in [0.4, 0.5) is 0 Å². The number of aromatic nitrogens is 6. The smallest absolute Gasteiger partial charge is 0.353 e. The van der Waals surface area contributed by atoms with E-state index in [1.165, 1.54) is 39.0 Å². The largest absolute Gasteiger partial charge is 0.477 e. The number of pyridine rings is 1. The number of Topliss-reactive ketones (excluding diaryl/α,β-unsaturated/α-hetero) is 1. The predicted octanol–water partition coefficient (Wildman–Crippen LogP) is 1.78. The Morgan fingerprint density at radius 1 is 1.31 bits per heavy atom. The number of amides is 1. The number of carbonyl (C=O) groups is 3. The number of thioether (sulfide) groups is 1. The Bertz CT molecular complexity index is 1350. The molecular weight excluding hydrogens is 502 g/mol. The SMILES string of the molecule is C[C@@H](CC(=O)Cn1cnnn1)[C@H]1C(=O)N2C(C(=O)O)=C(Sc3nc(-c4cc[n+](C)cc4)cs3)[C@H](C)[C@H]12. The molecule has 0 bridgehead atoms. The van der Waals surface area contributed by atoms with Crippen molar-refractivity contribution in [2.45, 2.75) is 37.2 Å². The van der Waals surface area contributed by atoms with E-state index in [9.17, 15) is 19.5 Å². The van der Waals surface area contributed by atoms with Gasteiger partial charge in [-0.15, -0.1) is 16.4 Å². The number of thiazole rings is 1. The van der Waals surface area contributed by atoms with Gasteiger partial charge in [-0.25, -0.2) is 19.0 Å². The Morgan fingerprint density at radius 3 is 2.72 bits per heavy atom. The molecule has 0 unspecified atom stereocenters. The molecule has 11 nitrogen and oxygen atoms in total. The zero-order valence-corrected chi connectivity index (χ0v) is 21.4. The Kier molecular flexibility index (Phi) is 6.43. The molecule has 4 atom stereocenters. The molecule has 1 fully saturated rings. The number of aryl methyl sites for hydroxylation is 1. The molecule has 3 aromatic rings. The number of carbonyl (C=O) groups excluding carboxylic acids is 2. The number of aliphatic carboxylic acids is 1. The van der Waals surface area contributed by atoms with Gasteiger partial charge in [-0.3, -0.25) is 9.59 Å². The number of carboxylic acid groups (broad SMARTS) is 1. The van der Waals surface area contributed by atoms with Crippen LogP contribution in [0.5, 0.6) is 0 Å². The number of hydrogen-bond acceptors (Lipinski definition) is 9. The van der Waals surface area contributed by atoms with E-state index < -0.39 is 11.9 Å². The van der Waals surface area contributed by atoms with Gasteiger partial charge in [-0.05, 0) is 16.3 Å².